The van der Waals surface area contributed by atoms with Crippen molar-refractivity contribution in [3.05, 3.63) is 15.9 Å². The predicted octanol–water partition coefficient (Wildman–Crippen LogP) is 2.04. The van der Waals surface area contributed by atoms with Gasteiger partial charge in [0.2, 0.25) is 0 Å². The minimum absolute atomic E-state index is 0.313. The summed E-state index contributed by atoms with van der Waals surface area (Å²) in [6.07, 6.45) is 3.40. The molecule has 5 heteroatoms. The van der Waals surface area contributed by atoms with Crippen molar-refractivity contribution < 1.29 is 5.11 Å². The summed E-state index contributed by atoms with van der Waals surface area (Å²) < 4.78 is 2.98. The van der Waals surface area contributed by atoms with Gasteiger partial charge in [-0.25, -0.2) is 0 Å². The maximum Gasteiger partial charge on any atom is 0.0766 e. The standard InChI is InChI=1S/C14H24BrN3O/c1-4-10-9-16-7-6-14(10,19)8-12-13(15)11(5-2)17-18(12)3/h10,16,19H,4-9H2,1-3H3. The van der Waals surface area contributed by atoms with Crippen LogP contribution >= 0.6 is 15.9 Å². The Morgan fingerprint density at radius 1 is 1.53 bits per heavy atom. The Morgan fingerprint density at radius 2 is 2.26 bits per heavy atom. The van der Waals surface area contributed by atoms with Crippen molar-refractivity contribution in [2.45, 2.75) is 45.1 Å². The highest BCUT2D eigenvalue weighted by Gasteiger charge is 2.39. The molecule has 0 aromatic carbocycles. The van der Waals surface area contributed by atoms with Gasteiger partial charge in [-0.3, -0.25) is 4.68 Å². The topological polar surface area (TPSA) is 50.1 Å². The second-order valence-corrected chi connectivity index (χ2v) is 6.32. The first kappa shape index (κ1) is 15.0. The first-order chi connectivity index (χ1) is 9.01. The third-order valence-corrected chi connectivity index (χ3v) is 5.27. The molecule has 0 amide bonds. The number of piperidine rings is 1. The molecular formula is C14H24BrN3O. The van der Waals surface area contributed by atoms with E-state index in [1.54, 1.807) is 0 Å². The third kappa shape index (κ3) is 2.88. The molecule has 1 fully saturated rings. The Kier molecular flexibility index (Phi) is 4.69. The molecule has 0 spiro atoms. The van der Waals surface area contributed by atoms with Crippen LogP contribution in [0.15, 0.2) is 4.47 Å². The molecule has 108 valence electrons. The van der Waals surface area contributed by atoms with Crippen molar-refractivity contribution in [3.8, 4) is 0 Å². The molecule has 0 saturated carbocycles. The van der Waals surface area contributed by atoms with Gasteiger partial charge in [0.15, 0.2) is 0 Å². The lowest BCUT2D eigenvalue weighted by Gasteiger charge is -2.40. The van der Waals surface area contributed by atoms with E-state index in [0.717, 1.165) is 48.2 Å². The zero-order chi connectivity index (χ0) is 14.0. The maximum atomic E-state index is 11.0. The van der Waals surface area contributed by atoms with E-state index in [2.05, 4.69) is 40.2 Å². The van der Waals surface area contributed by atoms with Crippen LogP contribution in [0.4, 0.5) is 0 Å². The fraction of sp³-hybridized carbons (Fsp3) is 0.786. The lowest BCUT2D eigenvalue weighted by atomic mass is 9.77. The maximum absolute atomic E-state index is 11.0. The number of aromatic nitrogens is 2. The Labute approximate surface area is 123 Å². The minimum Gasteiger partial charge on any atom is -0.389 e. The summed E-state index contributed by atoms with van der Waals surface area (Å²) >= 11 is 3.65. The van der Waals surface area contributed by atoms with Crippen molar-refractivity contribution in [2.24, 2.45) is 13.0 Å². The molecule has 0 bridgehead atoms. The Hall–Kier alpha value is -0.390. The summed E-state index contributed by atoms with van der Waals surface area (Å²) in [6.45, 7) is 6.05. The second-order valence-electron chi connectivity index (χ2n) is 5.52. The molecule has 2 N–H and O–H groups in total. The number of nitrogens with zero attached hydrogens (tertiary/aromatic N) is 2. The normalized spacial score (nSPS) is 27.7. The van der Waals surface area contributed by atoms with Gasteiger partial charge >= 0.3 is 0 Å². The summed E-state index contributed by atoms with van der Waals surface area (Å²) in [6, 6.07) is 0. The Balaban J connectivity index is 2.26. The smallest absolute Gasteiger partial charge is 0.0766 e. The number of nitrogens with one attached hydrogen (secondary N) is 1. The number of hydrogen-bond acceptors (Lipinski definition) is 3. The van der Waals surface area contributed by atoms with Crippen molar-refractivity contribution in [1.82, 2.24) is 15.1 Å². The quantitative estimate of drug-likeness (QED) is 0.888. The van der Waals surface area contributed by atoms with Crippen molar-refractivity contribution in [1.29, 1.82) is 0 Å². The predicted molar refractivity (Wildman–Crippen MR) is 80.2 cm³/mol. The Bertz CT molecular complexity index is 446. The molecule has 19 heavy (non-hydrogen) atoms. The van der Waals surface area contributed by atoms with Crippen LogP contribution in [0.5, 0.6) is 0 Å². The molecule has 1 aromatic rings. The fourth-order valence-electron chi connectivity index (χ4n) is 3.03. The summed E-state index contributed by atoms with van der Waals surface area (Å²) in [5.74, 6) is 0.313. The van der Waals surface area contributed by atoms with E-state index in [4.69, 9.17) is 0 Å². The minimum atomic E-state index is -0.610. The Morgan fingerprint density at radius 3 is 2.84 bits per heavy atom. The van der Waals surface area contributed by atoms with Crippen molar-refractivity contribution in [2.75, 3.05) is 13.1 Å². The summed E-state index contributed by atoms with van der Waals surface area (Å²) in [7, 11) is 1.96. The number of aryl methyl sites for hydroxylation is 2. The van der Waals surface area contributed by atoms with Gasteiger partial charge in [0, 0.05) is 25.9 Å². The number of rotatable bonds is 4. The highest BCUT2D eigenvalue weighted by Crippen LogP contribution is 2.33. The molecule has 2 heterocycles. The van der Waals surface area contributed by atoms with Gasteiger partial charge in [-0.15, -0.1) is 0 Å². The molecule has 4 nitrogen and oxygen atoms in total. The summed E-state index contributed by atoms with van der Waals surface area (Å²) in [4.78, 5) is 0. The molecule has 2 unspecified atom stereocenters. The van der Waals surface area contributed by atoms with E-state index in [9.17, 15) is 5.11 Å². The van der Waals surface area contributed by atoms with Crippen LogP contribution in [0, 0.1) is 5.92 Å². The van der Waals surface area contributed by atoms with Crippen LogP contribution < -0.4 is 5.32 Å². The average molecular weight is 330 g/mol. The van der Waals surface area contributed by atoms with Crippen LogP contribution in [0.3, 0.4) is 0 Å². The molecule has 0 radical (unpaired) electrons. The fourth-order valence-corrected chi connectivity index (χ4v) is 3.79. The van der Waals surface area contributed by atoms with Crippen LogP contribution in [-0.4, -0.2) is 33.6 Å². The van der Waals surface area contributed by atoms with Gasteiger partial charge in [0.05, 0.1) is 21.5 Å². The van der Waals surface area contributed by atoms with E-state index in [0.29, 0.717) is 12.3 Å². The van der Waals surface area contributed by atoms with Gasteiger partial charge in [0.25, 0.3) is 0 Å². The van der Waals surface area contributed by atoms with Gasteiger partial charge in [0.1, 0.15) is 0 Å². The zero-order valence-electron chi connectivity index (χ0n) is 12.0. The van der Waals surface area contributed by atoms with Crippen LogP contribution in [-0.2, 0) is 19.9 Å². The number of hydrogen-bond donors (Lipinski definition) is 2. The first-order valence-corrected chi connectivity index (χ1v) is 7.94. The van der Waals surface area contributed by atoms with Gasteiger partial charge in [-0.05, 0) is 41.7 Å². The molecule has 2 rings (SSSR count). The number of aliphatic hydroxyl groups is 1. The zero-order valence-corrected chi connectivity index (χ0v) is 13.6. The molecule has 1 aromatic heterocycles. The van der Waals surface area contributed by atoms with Gasteiger partial charge in [-0.1, -0.05) is 13.8 Å². The molecular weight excluding hydrogens is 306 g/mol. The SMILES string of the molecule is CCc1nn(C)c(CC2(O)CCNCC2CC)c1Br. The lowest BCUT2D eigenvalue weighted by molar-refractivity contribution is -0.0428. The third-order valence-electron chi connectivity index (χ3n) is 4.35. The van der Waals surface area contributed by atoms with Crippen LogP contribution in [0.1, 0.15) is 38.1 Å². The largest absolute Gasteiger partial charge is 0.389 e. The monoisotopic (exact) mass is 329 g/mol. The van der Waals surface area contributed by atoms with E-state index < -0.39 is 5.60 Å². The van der Waals surface area contributed by atoms with E-state index in [1.807, 2.05) is 11.7 Å². The highest BCUT2D eigenvalue weighted by molar-refractivity contribution is 9.10. The second kappa shape index (κ2) is 5.94. The van der Waals surface area contributed by atoms with Crippen molar-refractivity contribution in [3.63, 3.8) is 0 Å². The molecule has 0 aliphatic carbocycles. The van der Waals surface area contributed by atoms with Gasteiger partial charge in [-0.2, -0.15) is 5.10 Å². The van der Waals surface area contributed by atoms with Crippen LogP contribution in [0.2, 0.25) is 0 Å². The van der Waals surface area contributed by atoms with Crippen LogP contribution in [0.25, 0.3) is 0 Å². The molecule has 1 saturated heterocycles. The lowest BCUT2D eigenvalue weighted by Crippen LogP contribution is -2.51. The van der Waals surface area contributed by atoms with Gasteiger partial charge < -0.3 is 10.4 Å². The van der Waals surface area contributed by atoms with E-state index >= 15 is 0 Å². The summed E-state index contributed by atoms with van der Waals surface area (Å²) in [5, 5.41) is 18.9. The number of halogens is 1. The highest BCUT2D eigenvalue weighted by atomic mass is 79.9. The van der Waals surface area contributed by atoms with E-state index in [-0.39, 0.29) is 0 Å². The molecule has 1 aliphatic rings. The molecule has 1 aliphatic heterocycles. The first-order valence-electron chi connectivity index (χ1n) is 7.15. The van der Waals surface area contributed by atoms with E-state index in [1.165, 1.54) is 0 Å². The summed E-state index contributed by atoms with van der Waals surface area (Å²) in [5.41, 5.74) is 1.57. The molecule has 2 atom stereocenters. The average Bonchev–Trinajstić information content (AvgIpc) is 2.66. The van der Waals surface area contributed by atoms with Crippen molar-refractivity contribution >= 4 is 15.9 Å².